The molecule has 0 saturated heterocycles. The predicted molar refractivity (Wildman–Crippen MR) is 108 cm³/mol. The number of fused-ring (bicyclic) bond motifs is 1. The van der Waals surface area contributed by atoms with E-state index in [2.05, 4.69) is 43.1 Å². The summed E-state index contributed by atoms with van der Waals surface area (Å²) in [5.41, 5.74) is 11.5. The second kappa shape index (κ2) is 6.69. The largest absolute Gasteiger partial charge is 0.494 e. The van der Waals surface area contributed by atoms with Crippen molar-refractivity contribution in [3.63, 3.8) is 0 Å². The molecule has 0 radical (unpaired) electrons. The number of thiocarbonyl (C=S) groups is 1. The van der Waals surface area contributed by atoms with Crippen LogP contribution in [0.15, 0.2) is 41.4 Å². The third kappa shape index (κ3) is 3.42. The number of aromatic hydroxyl groups is 1. The maximum atomic E-state index is 10.9. The van der Waals surface area contributed by atoms with Crippen molar-refractivity contribution in [1.82, 2.24) is 4.57 Å². The van der Waals surface area contributed by atoms with E-state index < -0.39 is 0 Å². The number of benzene rings is 2. The molecule has 0 atom stereocenters. The fourth-order valence-corrected chi connectivity index (χ4v) is 3.18. The summed E-state index contributed by atoms with van der Waals surface area (Å²) in [5, 5.41) is 11.9. The quantitative estimate of drug-likeness (QED) is 0.552. The molecule has 0 bridgehead atoms. The number of nitrogens with zero attached hydrogens (tertiary/aromatic N) is 2. The molecular formula is C20H21N3OS. The van der Waals surface area contributed by atoms with E-state index in [-0.39, 0.29) is 12.4 Å². The van der Waals surface area contributed by atoms with Crippen LogP contribution in [-0.4, -0.2) is 27.4 Å². The van der Waals surface area contributed by atoms with Crippen molar-refractivity contribution in [2.75, 3.05) is 6.54 Å². The van der Waals surface area contributed by atoms with Gasteiger partial charge in [0.05, 0.1) is 22.6 Å². The molecule has 3 rings (SSSR count). The Morgan fingerprint density at radius 3 is 2.44 bits per heavy atom. The minimum Gasteiger partial charge on any atom is -0.494 e. The first-order valence-corrected chi connectivity index (χ1v) is 8.48. The smallest absolute Gasteiger partial charge is 0.205 e. The molecule has 128 valence electrons. The van der Waals surface area contributed by atoms with E-state index in [0.29, 0.717) is 10.6 Å². The van der Waals surface area contributed by atoms with Crippen LogP contribution in [0.4, 0.5) is 0 Å². The minimum atomic E-state index is 0.164. The van der Waals surface area contributed by atoms with E-state index in [0.717, 1.165) is 33.3 Å². The molecule has 0 aliphatic rings. The van der Waals surface area contributed by atoms with Crippen LogP contribution in [0.3, 0.4) is 0 Å². The number of aliphatic imine (C=N–C) groups is 1. The molecule has 0 saturated carbocycles. The zero-order chi connectivity index (χ0) is 18.1. The molecule has 2 aromatic carbocycles. The van der Waals surface area contributed by atoms with Crippen molar-refractivity contribution >= 4 is 34.3 Å². The molecule has 4 nitrogen and oxygen atoms in total. The van der Waals surface area contributed by atoms with E-state index in [9.17, 15) is 5.11 Å². The van der Waals surface area contributed by atoms with Crippen LogP contribution < -0.4 is 5.73 Å². The number of hydrogen-bond donors (Lipinski definition) is 2. The summed E-state index contributed by atoms with van der Waals surface area (Å²) in [4.78, 5) is 4.58. The van der Waals surface area contributed by atoms with Crippen molar-refractivity contribution in [3.8, 4) is 11.6 Å². The van der Waals surface area contributed by atoms with Crippen LogP contribution in [-0.2, 0) is 0 Å². The molecule has 1 aromatic heterocycles. The molecular weight excluding hydrogens is 330 g/mol. The van der Waals surface area contributed by atoms with Crippen molar-refractivity contribution < 1.29 is 5.11 Å². The summed E-state index contributed by atoms with van der Waals surface area (Å²) >= 11 is 4.86. The van der Waals surface area contributed by atoms with Gasteiger partial charge < -0.3 is 10.8 Å². The highest BCUT2D eigenvalue weighted by atomic mass is 32.1. The van der Waals surface area contributed by atoms with Gasteiger partial charge in [-0.3, -0.25) is 9.56 Å². The first kappa shape index (κ1) is 17.2. The van der Waals surface area contributed by atoms with Gasteiger partial charge in [0.25, 0.3) is 0 Å². The van der Waals surface area contributed by atoms with Crippen molar-refractivity contribution in [2.24, 2.45) is 10.7 Å². The maximum Gasteiger partial charge on any atom is 0.205 e. The molecule has 0 amide bonds. The Balaban J connectivity index is 2.27. The Morgan fingerprint density at radius 2 is 1.80 bits per heavy atom. The van der Waals surface area contributed by atoms with Crippen LogP contribution in [0.2, 0.25) is 0 Å². The van der Waals surface area contributed by atoms with Crippen molar-refractivity contribution in [1.29, 1.82) is 0 Å². The highest BCUT2D eigenvalue weighted by Gasteiger charge is 2.17. The molecule has 25 heavy (non-hydrogen) atoms. The fraction of sp³-hybridized carbons (Fsp3) is 0.200. The highest BCUT2D eigenvalue weighted by Crippen LogP contribution is 2.34. The number of rotatable bonds is 4. The summed E-state index contributed by atoms with van der Waals surface area (Å²) in [6.07, 6.45) is 1.64. The Bertz CT molecular complexity index is 982. The van der Waals surface area contributed by atoms with Gasteiger partial charge in [-0.05, 0) is 55.7 Å². The highest BCUT2D eigenvalue weighted by molar-refractivity contribution is 7.80. The number of aryl methyl sites for hydroxylation is 3. The number of hydrogen-bond acceptors (Lipinski definition) is 3. The van der Waals surface area contributed by atoms with Gasteiger partial charge in [0, 0.05) is 17.3 Å². The Kier molecular flexibility index (Phi) is 4.59. The number of nitrogens with two attached hydrogens (primary N) is 1. The second-order valence-electron chi connectivity index (χ2n) is 6.38. The summed E-state index contributed by atoms with van der Waals surface area (Å²) in [7, 11) is 0. The normalized spacial score (nSPS) is 11.5. The molecule has 0 spiro atoms. The van der Waals surface area contributed by atoms with Crippen molar-refractivity contribution in [2.45, 2.75) is 20.8 Å². The molecule has 0 aliphatic carbocycles. The molecule has 5 heteroatoms. The summed E-state index contributed by atoms with van der Waals surface area (Å²) in [6, 6.07) is 12.3. The maximum absolute atomic E-state index is 10.9. The van der Waals surface area contributed by atoms with Crippen LogP contribution in [0.5, 0.6) is 5.88 Å². The van der Waals surface area contributed by atoms with Crippen LogP contribution in [0, 0.1) is 20.8 Å². The standard InChI is InChI=1S/C20H21N3OS/c1-12-4-5-16-17(10-22-11-19(21)25)20(24)23(18(16)9-12)15-7-13(2)6-14(3)8-15/h4-10,24H,11H2,1-3H3,(H2,21,25). The lowest BCUT2D eigenvalue weighted by Gasteiger charge is -2.10. The van der Waals surface area contributed by atoms with Gasteiger partial charge in [-0.15, -0.1) is 0 Å². The predicted octanol–water partition coefficient (Wildman–Crippen LogP) is 3.97. The van der Waals surface area contributed by atoms with Crippen LogP contribution in [0.25, 0.3) is 16.6 Å². The summed E-state index contributed by atoms with van der Waals surface area (Å²) in [6.45, 7) is 6.40. The van der Waals surface area contributed by atoms with Crippen LogP contribution in [0.1, 0.15) is 22.3 Å². The average molecular weight is 351 g/mol. The van der Waals surface area contributed by atoms with Crippen molar-refractivity contribution in [3.05, 3.63) is 58.7 Å². The van der Waals surface area contributed by atoms with E-state index in [1.807, 2.05) is 23.6 Å². The average Bonchev–Trinajstić information content (AvgIpc) is 2.77. The van der Waals surface area contributed by atoms with Gasteiger partial charge >= 0.3 is 0 Å². The van der Waals surface area contributed by atoms with E-state index in [1.54, 1.807) is 6.21 Å². The zero-order valence-electron chi connectivity index (χ0n) is 14.6. The molecule has 0 unspecified atom stereocenters. The topological polar surface area (TPSA) is 63.5 Å². The Hall–Kier alpha value is -2.66. The lowest BCUT2D eigenvalue weighted by Crippen LogP contribution is -2.11. The molecule has 0 aliphatic heterocycles. The fourth-order valence-electron chi connectivity index (χ4n) is 3.10. The monoisotopic (exact) mass is 351 g/mol. The first-order chi connectivity index (χ1) is 11.9. The first-order valence-electron chi connectivity index (χ1n) is 8.07. The summed E-state index contributed by atoms with van der Waals surface area (Å²) < 4.78 is 1.87. The Labute approximate surface area is 152 Å². The van der Waals surface area contributed by atoms with Gasteiger partial charge in [0.15, 0.2) is 0 Å². The van der Waals surface area contributed by atoms with Crippen LogP contribution >= 0.6 is 12.2 Å². The van der Waals surface area contributed by atoms with E-state index in [1.165, 1.54) is 0 Å². The molecule has 1 heterocycles. The van der Waals surface area contributed by atoms with Gasteiger partial charge in [-0.2, -0.15) is 0 Å². The molecule has 3 N–H and O–H groups in total. The zero-order valence-corrected chi connectivity index (χ0v) is 15.4. The van der Waals surface area contributed by atoms with Gasteiger partial charge in [-0.1, -0.05) is 30.4 Å². The molecule has 0 fully saturated rings. The minimum absolute atomic E-state index is 0.164. The third-order valence-corrected chi connectivity index (χ3v) is 4.20. The lowest BCUT2D eigenvalue weighted by atomic mass is 10.1. The van der Waals surface area contributed by atoms with Gasteiger partial charge in [-0.25, -0.2) is 0 Å². The molecule has 3 aromatic rings. The van der Waals surface area contributed by atoms with Gasteiger partial charge in [0.1, 0.15) is 0 Å². The summed E-state index contributed by atoms with van der Waals surface area (Å²) in [5.74, 6) is 0.164. The van der Waals surface area contributed by atoms with E-state index in [4.69, 9.17) is 18.0 Å². The van der Waals surface area contributed by atoms with E-state index >= 15 is 0 Å². The van der Waals surface area contributed by atoms with Gasteiger partial charge in [0.2, 0.25) is 5.88 Å². The lowest BCUT2D eigenvalue weighted by molar-refractivity contribution is 0.444. The Morgan fingerprint density at radius 1 is 1.12 bits per heavy atom. The second-order valence-corrected chi connectivity index (χ2v) is 6.90. The SMILES string of the molecule is Cc1cc(C)cc(-n2c(O)c(C=NCC(N)=S)c3ccc(C)cc32)c1. The third-order valence-electron chi connectivity index (χ3n) is 4.07. The number of aromatic nitrogens is 1.